The van der Waals surface area contributed by atoms with E-state index >= 15 is 0 Å². The van der Waals surface area contributed by atoms with Crippen LogP contribution in [0.4, 0.5) is 0 Å². The van der Waals surface area contributed by atoms with Gasteiger partial charge in [0.05, 0.1) is 5.52 Å². The molecule has 5 rings (SSSR count). The van der Waals surface area contributed by atoms with Crippen molar-refractivity contribution in [3.63, 3.8) is 0 Å². The molecule has 0 radical (unpaired) electrons. The molecule has 5 nitrogen and oxygen atoms in total. The second-order valence-electron chi connectivity index (χ2n) is 9.01. The molecule has 0 unspecified atom stereocenters. The number of likely N-dealkylation sites (N-methyl/N-ethyl adjacent to an activating group) is 1. The van der Waals surface area contributed by atoms with E-state index < -0.39 is 0 Å². The average molecular weight is 445 g/mol. The van der Waals surface area contributed by atoms with Crippen LogP contribution in [0, 0.1) is 13.8 Å². The Kier molecular flexibility index (Phi) is 5.43. The number of amides is 1. The number of aromatic nitrogens is 2. The number of hydrogen-bond acceptors (Lipinski definition) is 4. The van der Waals surface area contributed by atoms with E-state index in [0.29, 0.717) is 5.56 Å². The molecular formula is C26H28N4OS. The Labute approximate surface area is 193 Å². The molecule has 0 spiro atoms. The van der Waals surface area contributed by atoms with Crippen LogP contribution in [0.3, 0.4) is 0 Å². The second kappa shape index (κ2) is 8.26. The van der Waals surface area contributed by atoms with Gasteiger partial charge in [0.1, 0.15) is 5.65 Å². The molecule has 0 saturated carbocycles. The van der Waals surface area contributed by atoms with Crippen molar-refractivity contribution < 1.29 is 4.79 Å². The van der Waals surface area contributed by atoms with Crippen molar-refractivity contribution in [2.75, 3.05) is 20.1 Å². The summed E-state index contributed by atoms with van der Waals surface area (Å²) in [5, 5.41) is 5.45. The van der Waals surface area contributed by atoms with Crippen LogP contribution in [-0.2, 0) is 0 Å². The standard InChI is InChI=1S/C26H28N4OS/c1-15-10-22-23-21(17-6-4-8-19(32)11-17)12-20(16(2)24(23)29-25(22)27-13-15)26(31)28-18-7-5-9-30(3)14-18/h4,6,8,10-13,18,32H,5,7,9,14H2,1-3H3,(H,27,29)(H,28,31)/t18-/m1/s1. The van der Waals surface area contributed by atoms with Gasteiger partial charge in [-0.15, -0.1) is 12.6 Å². The number of H-pyrrole nitrogens is 1. The lowest BCUT2D eigenvalue weighted by molar-refractivity contribution is 0.0912. The lowest BCUT2D eigenvalue weighted by Gasteiger charge is -2.30. The molecule has 1 atom stereocenters. The van der Waals surface area contributed by atoms with Gasteiger partial charge >= 0.3 is 0 Å². The fourth-order valence-corrected chi connectivity index (χ4v) is 5.10. The predicted molar refractivity (Wildman–Crippen MR) is 134 cm³/mol. The number of carbonyl (C=O) groups is 1. The maximum Gasteiger partial charge on any atom is 0.251 e. The van der Waals surface area contributed by atoms with Crippen LogP contribution in [-0.4, -0.2) is 47.0 Å². The van der Waals surface area contributed by atoms with Gasteiger partial charge in [0.2, 0.25) is 0 Å². The smallest absolute Gasteiger partial charge is 0.251 e. The third-order valence-corrected chi connectivity index (χ3v) is 6.76. The summed E-state index contributed by atoms with van der Waals surface area (Å²) < 4.78 is 0. The molecule has 2 aromatic heterocycles. The zero-order valence-corrected chi connectivity index (χ0v) is 19.6. The molecule has 1 aliphatic heterocycles. The third-order valence-electron chi connectivity index (χ3n) is 6.49. The van der Waals surface area contributed by atoms with E-state index in [1.165, 1.54) is 0 Å². The molecule has 1 fully saturated rings. The number of nitrogens with zero attached hydrogens (tertiary/aromatic N) is 2. The summed E-state index contributed by atoms with van der Waals surface area (Å²) in [5.41, 5.74) is 6.61. The number of likely N-dealkylation sites (tertiary alicyclic amines) is 1. The van der Waals surface area contributed by atoms with Crippen LogP contribution in [0.1, 0.15) is 34.3 Å². The van der Waals surface area contributed by atoms with Crippen LogP contribution in [0.15, 0.2) is 47.5 Å². The average Bonchev–Trinajstić information content (AvgIpc) is 3.13. The van der Waals surface area contributed by atoms with Gasteiger partial charge in [-0.05, 0) is 86.8 Å². The molecule has 164 valence electrons. The van der Waals surface area contributed by atoms with Gasteiger partial charge in [0.25, 0.3) is 5.91 Å². The first-order valence-corrected chi connectivity index (χ1v) is 11.6. The Morgan fingerprint density at radius 3 is 2.88 bits per heavy atom. The van der Waals surface area contributed by atoms with E-state index in [4.69, 9.17) is 0 Å². The van der Waals surface area contributed by atoms with Crippen molar-refractivity contribution in [2.24, 2.45) is 0 Å². The highest BCUT2D eigenvalue weighted by Crippen LogP contribution is 2.38. The van der Waals surface area contributed by atoms with Crippen LogP contribution < -0.4 is 5.32 Å². The summed E-state index contributed by atoms with van der Waals surface area (Å²) in [6.07, 6.45) is 3.99. The fourth-order valence-electron chi connectivity index (χ4n) is 4.88. The number of rotatable bonds is 3. The normalized spacial score (nSPS) is 17.2. The predicted octanol–water partition coefficient (Wildman–Crippen LogP) is 5.11. The van der Waals surface area contributed by atoms with Crippen molar-refractivity contribution >= 4 is 40.5 Å². The van der Waals surface area contributed by atoms with Gasteiger partial charge in [-0.1, -0.05) is 12.1 Å². The fraction of sp³-hybridized carbons (Fsp3) is 0.308. The molecule has 32 heavy (non-hydrogen) atoms. The summed E-state index contributed by atoms with van der Waals surface area (Å²) in [5.74, 6) is -0.0178. The molecule has 0 aliphatic carbocycles. The zero-order valence-electron chi connectivity index (χ0n) is 18.7. The number of pyridine rings is 1. The van der Waals surface area contributed by atoms with Crippen LogP contribution >= 0.6 is 12.6 Å². The number of aromatic amines is 1. The molecule has 3 heterocycles. The minimum Gasteiger partial charge on any atom is -0.348 e. The Bertz CT molecular complexity index is 1340. The first-order valence-electron chi connectivity index (χ1n) is 11.1. The summed E-state index contributed by atoms with van der Waals surface area (Å²) in [7, 11) is 2.11. The van der Waals surface area contributed by atoms with Crippen molar-refractivity contribution in [3.05, 3.63) is 59.3 Å². The number of benzene rings is 2. The zero-order chi connectivity index (χ0) is 22.4. The topological polar surface area (TPSA) is 61.0 Å². The third kappa shape index (κ3) is 3.78. The van der Waals surface area contributed by atoms with Crippen LogP contribution in [0.5, 0.6) is 0 Å². The van der Waals surface area contributed by atoms with Gasteiger partial charge in [0.15, 0.2) is 0 Å². The minimum atomic E-state index is -0.0178. The number of nitrogens with one attached hydrogen (secondary N) is 2. The molecule has 4 aromatic rings. The van der Waals surface area contributed by atoms with Gasteiger partial charge in [-0.2, -0.15) is 0 Å². The minimum absolute atomic E-state index is 0.0178. The molecule has 2 N–H and O–H groups in total. The van der Waals surface area contributed by atoms with Crippen LogP contribution in [0.2, 0.25) is 0 Å². The van der Waals surface area contributed by atoms with E-state index in [1.807, 2.05) is 37.4 Å². The van der Waals surface area contributed by atoms with Crippen LogP contribution in [0.25, 0.3) is 33.1 Å². The van der Waals surface area contributed by atoms with E-state index in [2.05, 4.69) is 58.9 Å². The van der Waals surface area contributed by atoms with E-state index in [1.54, 1.807) is 0 Å². The van der Waals surface area contributed by atoms with Gasteiger partial charge < -0.3 is 15.2 Å². The highest BCUT2D eigenvalue weighted by molar-refractivity contribution is 7.80. The highest BCUT2D eigenvalue weighted by Gasteiger charge is 2.23. The molecule has 1 amide bonds. The van der Waals surface area contributed by atoms with Gasteiger partial charge in [-0.3, -0.25) is 4.79 Å². The Morgan fingerprint density at radius 1 is 1.25 bits per heavy atom. The Hall–Kier alpha value is -2.83. The van der Waals surface area contributed by atoms with E-state index in [0.717, 1.165) is 75.0 Å². The summed E-state index contributed by atoms with van der Waals surface area (Å²) in [6.45, 7) is 6.04. The maximum absolute atomic E-state index is 13.4. The maximum atomic E-state index is 13.4. The molecule has 1 aliphatic rings. The summed E-state index contributed by atoms with van der Waals surface area (Å²) in [6, 6.07) is 12.5. The molecule has 6 heteroatoms. The van der Waals surface area contributed by atoms with Crippen molar-refractivity contribution in [3.8, 4) is 11.1 Å². The molecular weight excluding hydrogens is 416 g/mol. The molecule has 2 aromatic carbocycles. The lowest BCUT2D eigenvalue weighted by atomic mass is 9.93. The SMILES string of the molecule is Cc1cnc2[nH]c3c(C)c(C(=O)N[C@@H]4CCCN(C)C4)cc(-c4cccc(S)c4)c3c2c1. The van der Waals surface area contributed by atoms with Gasteiger partial charge in [0, 0.05) is 40.0 Å². The van der Waals surface area contributed by atoms with Crippen molar-refractivity contribution in [1.29, 1.82) is 0 Å². The quantitative estimate of drug-likeness (QED) is 0.385. The Morgan fingerprint density at radius 2 is 2.09 bits per heavy atom. The largest absolute Gasteiger partial charge is 0.348 e. The lowest BCUT2D eigenvalue weighted by Crippen LogP contribution is -2.46. The van der Waals surface area contributed by atoms with E-state index in [-0.39, 0.29) is 11.9 Å². The van der Waals surface area contributed by atoms with Crippen molar-refractivity contribution in [1.82, 2.24) is 20.2 Å². The van der Waals surface area contributed by atoms with Crippen molar-refractivity contribution in [2.45, 2.75) is 37.6 Å². The number of carbonyl (C=O) groups excluding carboxylic acids is 1. The summed E-state index contributed by atoms with van der Waals surface area (Å²) >= 11 is 4.55. The first-order chi connectivity index (χ1) is 15.4. The Balaban J connectivity index is 1.70. The monoisotopic (exact) mass is 444 g/mol. The second-order valence-corrected chi connectivity index (χ2v) is 9.52. The summed E-state index contributed by atoms with van der Waals surface area (Å²) in [4.78, 5) is 24.7. The number of fused-ring (bicyclic) bond motifs is 3. The number of thiol groups is 1. The number of piperidine rings is 1. The number of hydrogen-bond donors (Lipinski definition) is 3. The van der Waals surface area contributed by atoms with E-state index in [9.17, 15) is 4.79 Å². The molecule has 1 saturated heterocycles. The first kappa shape index (κ1) is 21.0. The molecule has 0 bridgehead atoms. The highest BCUT2D eigenvalue weighted by atomic mass is 32.1. The van der Waals surface area contributed by atoms with Gasteiger partial charge in [-0.25, -0.2) is 4.98 Å². The number of aryl methyl sites for hydroxylation is 2.